The second-order valence-corrected chi connectivity index (χ2v) is 7.08. The molecule has 4 aliphatic heterocycles. The summed E-state index contributed by atoms with van der Waals surface area (Å²) in [4.78, 5) is 12.8. The Balaban J connectivity index is 1.51. The molecule has 1 aromatic rings. The highest BCUT2D eigenvalue weighted by Gasteiger charge is 2.60. The lowest BCUT2D eigenvalue weighted by Gasteiger charge is -2.53. The third kappa shape index (κ3) is 1.75. The molecule has 0 amide bonds. The number of aromatic nitrogens is 1. The van der Waals surface area contributed by atoms with Crippen LogP contribution in [0.1, 0.15) is 5.69 Å². The van der Waals surface area contributed by atoms with E-state index in [1.54, 1.807) is 0 Å². The summed E-state index contributed by atoms with van der Waals surface area (Å²) in [6, 6.07) is 6.36. The van der Waals surface area contributed by atoms with Crippen molar-refractivity contribution in [1.82, 2.24) is 19.7 Å². The molecule has 4 saturated heterocycles. The van der Waals surface area contributed by atoms with E-state index < -0.39 is 0 Å². The Morgan fingerprint density at radius 3 is 2.43 bits per heavy atom. The summed E-state index contributed by atoms with van der Waals surface area (Å²) < 4.78 is 1.24. The number of quaternary nitrogens is 1. The van der Waals surface area contributed by atoms with Crippen molar-refractivity contribution < 1.29 is 4.48 Å². The van der Waals surface area contributed by atoms with Gasteiger partial charge in [-0.3, -0.25) is 19.3 Å². The molecule has 5 rings (SSSR count). The Morgan fingerprint density at radius 1 is 0.952 bits per heavy atom. The summed E-state index contributed by atoms with van der Waals surface area (Å²) >= 11 is 0. The molecule has 5 nitrogen and oxygen atoms in total. The molecule has 4 aliphatic rings. The molecule has 0 aromatic carbocycles. The largest absolute Gasteiger partial charge is 0.299 e. The summed E-state index contributed by atoms with van der Waals surface area (Å²) in [6.07, 6.45) is 3.29. The summed E-state index contributed by atoms with van der Waals surface area (Å²) in [7, 11) is 0. The molecule has 3 atom stereocenters. The molecule has 0 spiro atoms. The van der Waals surface area contributed by atoms with Crippen LogP contribution in [-0.2, 0) is 6.54 Å². The Labute approximate surface area is 126 Å². The van der Waals surface area contributed by atoms with E-state index in [4.69, 9.17) is 0 Å². The molecule has 0 N–H and O–H groups in total. The number of pyridine rings is 1. The van der Waals surface area contributed by atoms with Gasteiger partial charge in [0.05, 0.1) is 25.3 Å². The van der Waals surface area contributed by atoms with Crippen LogP contribution in [0.15, 0.2) is 24.4 Å². The first-order chi connectivity index (χ1) is 10.4. The number of hydrogen-bond donors (Lipinski definition) is 0. The highest BCUT2D eigenvalue weighted by Crippen LogP contribution is 2.39. The Kier molecular flexibility index (Phi) is 2.68. The van der Waals surface area contributed by atoms with Gasteiger partial charge in [-0.15, -0.1) is 0 Å². The van der Waals surface area contributed by atoms with Crippen molar-refractivity contribution >= 4 is 0 Å². The summed E-state index contributed by atoms with van der Waals surface area (Å²) in [5.41, 5.74) is 1.27. The Morgan fingerprint density at radius 2 is 1.67 bits per heavy atom. The number of nitrogens with zero attached hydrogens (tertiary/aromatic N) is 5. The first-order valence-corrected chi connectivity index (χ1v) is 8.34. The molecular weight excluding hydrogens is 262 g/mol. The molecule has 21 heavy (non-hydrogen) atoms. The molecule has 4 fully saturated rings. The molecule has 3 unspecified atom stereocenters. The maximum atomic E-state index is 4.61. The molecule has 112 valence electrons. The maximum absolute atomic E-state index is 4.61. The van der Waals surface area contributed by atoms with Crippen molar-refractivity contribution in [2.45, 2.75) is 18.9 Å². The minimum atomic E-state index is 0.665. The molecule has 0 bridgehead atoms. The molecule has 5 heteroatoms. The van der Waals surface area contributed by atoms with Crippen molar-refractivity contribution in [1.29, 1.82) is 0 Å². The Hall–Kier alpha value is -1.01. The SMILES string of the molecule is c1ccc(C[N+]23CCN4CCN5CCN(CC2)C3C54)nc1. The van der Waals surface area contributed by atoms with Crippen LogP contribution in [0.25, 0.3) is 0 Å². The molecule has 5 heterocycles. The lowest BCUT2D eigenvalue weighted by atomic mass is 10.1. The van der Waals surface area contributed by atoms with Crippen molar-refractivity contribution in [3.63, 3.8) is 0 Å². The highest BCUT2D eigenvalue weighted by molar-refractivity contribution is 5.04. The molecular formula is C16H24N5+. The zero-order valence-electron chi connectivity index (χ0n) is 12.6. The van der Waals surface area contributed by atoms with Crippen molar-refractivity contribution in [2.75, 3.05) is 52.4 Å². The van der Waals surface area contributed by atoms with E-state index in [2.05, 4.69) is 31.8 Å². The normalized spacial score (nSPS) is 39.6. The lowest BCUT2D eigenvalue weighted by Crippen LogP contribution is -2.73. The van der Waals surface area contributed by atoms with E-state index >= 15 is 0 Å². The van der Waals surface area contributed by atoms with Crippen LogP contribution in [0.2, 0.25) is 0 Å². The second-order valence-electron chi connectivity index (χ2n) is 7.08. The zero-order chi connectivity index (χ0) is 13.9. The molecule has 0 radical (unpaired) electrons. The third-order valence-electron chi connectivity index (χ3n) is 6.17. The molecule has 1 aromatic heterocycles. The van der Waals surface area contributed by atoms with E-state index in [9.17, 15) is 0 Å². The number of piperazine rings is 2. The van der Waals surface area contributed by atoms with Crippen LogP contribution in [0.5, 0.6) is 0 Å². The van der Waals surface area contributed by atoms with Gasteiger partial charge in [0.2, 0.25) is 0 Å². The van der Waals surface area contributed by atoms with Gasteiger partial charge in [-0.25, -0.2) is 4.90 Å². The topological polar surface area (TPSA) is 22.6 Å². The first-order valence-electron chi connectivity index (χ1n) is 8.34. The minimum Gasteiger partial charge on any atom is -0.299 e. The fourth-order valence-electron chi connectivity index (χ4n) is 5.17. The predicted octanol–water partition coefficient (Wildman–Crippen LogP) is 0.0110. The van der Waals surface area contributed by atoms with Gasteiger partial charge in [0.25, 0.3) is 0 Å². The average Bonchev–Trinajstić information content (AvgIpc) is 3.09. The standard InChI is InChI=1S/C16H24N5/c1-2-4-17-14(3-1)13-21-11-9-19-6-5-18-7-8-20(10-12-21)16(21)15(18)19/h1-4,15-16H,5-13H2/q+1. The van der Waals surface area contributed by atoms with Crippen LogP contribution < -0.4 is 0 Å². The van der Waals surface area contributed by atoms with Gasteiger partial charge in [-0.2, -0.15) is 0 Å². The van der Waals surface area contributed by atoms with Crippen LogP contribution in [0.3, 0.4) is 0 Å². The smallest absolute Gasteiger partial charge is 0.175 e. The third-order valence-corrected chi connectivity index (χ3v) is 6.17. The van der Waals surface area contributed by atoms with E-state index in [-0.39, 0.29) is 0 Å². The molecule has 0 aliphatic carbocycles. The van der Waals surface area contributed by atoms with Gasteiger partial charge < -0.3 is 0 Å². The van der Waals surface area contributed by atoms with Gasteiger partial charge >= 0.3 is 0 Å². The zero-order valence-corrected chi connectivity index (χ0v) is 12.6. The highest BCUT2D eigenvalue weighted by atomic mass is 15.6. The predicted molar refractivity (Wildman–Crippen MR) is 80.2 cm³/mol. The first kappa shape index (κ1) is 12.5. The van der Waals surface area contributed by atoms with Gasteiger partial charge in [0.15, 0.2) is 6.17 Å². The van der Waals surface area contributed by atoms with Crippen LogP contribution in [0, 0.1) is 0 Å². The monoisotopic (exact) mass is 286 g/mol. The van der Waals surface area contributed by atoms with Gasteiger partial charge in [-0.1, -0.05) is 6.07 Å². The van der Waals surface area contributed by atoms with Crippen LogP contribution >= 0.6 is 0 Å². The van der Waals surface area contributed by atoms with Crippen molar-refractivity contribution in [3.8, 4) is 0 Å². The second kappa shape index (κ2) is 4.49. The van der Waals surface area contributed by atoms with Gasteiger partial charge in [-0.05, 0) is 12.1 Å². The molecule has 0 saturated carbocycles. The minimum absolute atomic E-state index is 0.665. The van der Waals surface area contributed by atoms with E-state index in [1.807, 2.05) is 12.3 Å². The van der Waals surface area contributed by atoms with Crippen LogP contribution in [0.4, 0.5) is 0 Å². The van der Waals surface area contributed by atoms with E-state index in [0.717, 1.165) is 6.54 Å². The van der Waals surface area contributed by atoms with Gasteiger partial charge in [0, 0.05) is 38.9 Å². The summed E-state index contributed by atoms with van der Waals surface area (Å²) in [5, 5.41) is 0. The maximum Gasteiger partial charge on any atom is 0.175 e. The fraction of sp³-hybridized carbons (Fsp3) is 0.688. The van der Waals surface area contributed by atoms with E-state index in [1.165, 1.54) is 62.5 Å². The van der Waals surface area contributed by atoms with Crippen molar-refractivity contribution in [3.05, 3.63) is 30.1 Å². The Bertz CT molecular complexity index is 529. The number of rotatable bonds is 2. The summed E-state index contributed by atoms with van der Waals surface area (Å²) in [6.45, 7) is 11.3. The van der Waals surface area contributed by atoms with E-state index in [0.29, 0.717) is 12.3 Å². The fourth-order valence-corrected chi connectivity index (χ4v) is 5.17. The van der Waals surface area contributed by atoms with Crippen molar-refractivity contribution in [2.24, 2.45) is 0 Å². The van der Waals surface area contributed by atoms with Gasteiger partial charge in [0.1, 0.15) is 12.7 Å². The number of hydrogen-bond acceptors (Lipinski definition) is 4. The van der Waals surface area contributed by atoms with Crippen LogP contribution in [-0.4, -0.2) is 88.9 Å². The summed E-state index contributed by atoms with van der Waals surface area (Å²) in [5.74, 6) is 0. The average molecular weight is 286 g/mol. The lowest BCUT2D eigenvalue weighted by molar-refractivity contribution is -0.966. The quantitative estimate of drug-likeness (QED) is 0.715.